The van der Waals surface area contributed by atoms with Gasteiger partial charge in [-0.1, -0.05) is 0 Å². The zero-order chi connectivity index (χ0) is 11.3. The fourth-order valence-corrected chi connectivity index (χ4v) is 0.992. The highest BCUT2D eigenvalue weighted by Crippen LogP contribution is 2.05. The van der Waals surface area contributed by atoms with E-state index in [0.717, 1.165) is 0 Å². The van der Waals surface area contributed by atoms with Crippen molar-refractivity contribution in [1.82, 2.24) is 4.98 Å². The number of ether oxygens (including phenoxy) is 1. The van der Waals surface area contributed by atoms with Crippen LogP contribution in [0.2, 0.25) is 0 Å². The van der Waals surface area contributed by atoms with Gasteiger partial charge in [0.15, 0.2) is 5.78 Å². The first-order valence-corrected chi connectivity index (χ1v) is 4.35. The van der Waals surface area contributed by atoms with E-state index in [1.54, 1.807) is 18.3 Å². The third-order valence-corrected chi connectivity index (χ3v) is 1.69. The van der Waals surface area contributed by atoms with Crippen LogP contribution in [0.1, 0.15) is 22.8 Å². The maximum atomic E-state index is 11.2. The normalized spacial score (nSPS) is 10.3. The Labute approximate surface area is 87.6 Å². The van der Waals surface area contributed by atoms with Gasteiger partial charge in [0.1, 0.15) is 0 Å². The highest BCUT2D eigenvalue weighted by molar-refractivity contribution is 5.92. The van der Waals surface area contributed by atoms with Gasteiger partial charge in [0.25, 0.3) is 0 Å². The summed E-state index contributed by atoms with van der Waals surface area (Å²) in [7, 11) is 1.31. The molecule has 0 saturated carbocycles. The molecule has 0 fully saturated rings. The number of hydrogen-bond acceptors (Lipinski definition) is 4. The van der Waals surface area contributed by atoms with Crippen LogP contribution in [0.3, 0.4) is 0 Å². The Morgan fingerprint density at radius 2 is 2.13 bits per heavy atom. The minimum absolute atomic E-state index is 0.0570. The van der Waals surface area contributed by atoms with Gasteiger partial charge in [-0.3, -0.25) is 9.78 Å². The van der Waals surface area contributed by atoms with E-state index in [2.05, 4.69) is 9.72 Å². The molecule has 15 heavy (non-hydrogen) atoms. The number of allylic oxidation sites excluding steroid dienone is 1. The second-order valence-corrected chi connectivity index (χ2v) is 2.94. The second-order valence-electron chi connectivity index (χ2n) is 2.94. The van der Waals surface area contributed by atoms with E-state index in [9.17, 15) is 9.59 Å². The molecule has 1 aromatic heterocycles. The Morgan fingerprint density at radius 3 is 2.73 bits per heavy atom. The largest absolute Gasteiger partial charge is 0.465 e. The van der Waals surface area contributed by atoms with Crippen LogP contribution in [0.4, 0.5) is 0 Å². The van der Waals surface area contributed by atoms with E-state index in [0.29, 0.717) is 11.1 Å². The Balaban J connectivity index is 2.92. The number of carbonyl (C=O) groups excluding carboxylic acids is 2. The number of esters is 1. The smallest absolute Gasteiger partial charge is 0.339 e. The molecular weight excluding hydrogens is 194 g/mol. The summed E-state index contributed by atoms with van der Waals surface area (Å²) in [6, 6.07) is 1.61. The summed E-state index contributed by atoms with van der Waals surface area (Å²) < 4.78 is 4.55. The van der Waals surface area contributed by atoms with Crippen molar-refractivity contribution < 1.29 is 14.3 Å². The molecule has 0 aliphatic carbocycles. The standard InChI is InChI=1S/C11H11NO3/c1-8(13)3-4-9-5-10(7-12-6-9)11(14)15-2/h3-7H,1-2H3. The summed E-state index contributed by atoms with van der Waals surface area (Å²) in [5.74, 6) is -0.501. The lowest BCUT2D eigenvalue weighted by atomic mass is 10.2. The molecule has 0 bridgehead atoms. The number of carbonyl (C=O) groups is 2. The summed E-state index contributed by atoms with van der Waals surface area (Å²) >= 11 is 0. The predicted molar refractivity (Wildman–Crippen MR) is 55.3 cm³/mol. The van der Waals surface area contributed by atoms with Crippen LogP contribution in [0.25, 0.3) is 6.08 Å². The van der Waals surface area contributed by atoms with Crippen LogP contribution in [-0.2, 0) is 9.53 Å². The SMILES string of the molecule is COC(=O)c1cncc(C=CC(C)=O)c1. The summed E-state index contributed by atoms with van der Waals surface area (Å²) in [5.41, 5.74) is 1.05. The number of rotatable bonds is 3. The third kappa shape index (κ3) is 3.34. The number of nitrogens with zero attached hydrogens (tertiary/aromatic N) is 1. The van der Waals surface area contributed by atoms with Crippen LogP contribution in [0, 0.1) is 0 Å². The van der Waals surface area contributed by atoms with Gasteiger partial charge in [-0.25, -0.2) is 4.79 Å². The molecule has 78 valence electrons. The average molecular weight is 205 g/mol. The van der Waals surface area contributed by atoms with E-state index >= 15 is 0 Å². The summed E-state index contributed by atoms with van der Waals surface area (Å²) in [4.78, 5) is 25.7. The maximum Gasteiger partial charge on any atom is 0.339 e. The lowest BCUT2D eigenvalue weighted by molar-refractivity contribution is -0.112. The average Bonchev–Trinajstić information content (AvgIpc) is 2.25. The number of aromatic nitrogens is 1. The van der Waals surface area contributed by atoms with Gasteiger partial charge < -0.3 is 4.74 Å². The molecule has 1 aromatic rings. The lowest BCUT2D eigenvalue weighted by Crippen LogP contribution is -2.01. The Morgan fingerprint density at radius 1 is 1.40 bits per heavy atom. The van der Waals surface area contributed by atoms with Gasteiger partial charge in [-0.15, -0.1) is 0 Å². The first-order chi connectivity index (χ1) is 7.13. The molecule has 0 aliphatic rings. The van der Waals surface area contributed by atoms with E-state index in [1.165, 1.54) is 26.3 Å². The first kappa shape index (κ1) is 11.1. The Kier molecular flexibility index (Phi) is 3.74. The van der Waals surface area contributed by atoms with Crippen molar-refractivity contribution in [3.63, 3.8) is 0 Å². The van der Waals surface area contributed by atoms with E-state index in [1.807, 2.05) is 0 Å². The molecule has 0 amide bonds. The Bertz CT molecular complexity index is 410. The van der Waals surface area contributed by atoms with E-state index < -0.39 is 5.97 Å². The molecule has 0 spiro atoms. The second kappa shape index (κ2) is 5.05. The summed E-state index contributed by atoms with van der Waals surface area (Å²) in [5, 5.41) is 0. The van der Waals surface area contributed by atoms with Crippen molar-refractivity contribution >= 4 is 17.8 Å². The third-order valence-electron chi connectivity index (χ3n) is 1.69. The minimum atomic E-state index is -0.444. The van der Waals surface area contributed by atoms with Gasteiger partial charge in [0.05, 0.1) is 12.7 Å². The first-order valence-electron chi connectivity index (χ1n) is 4.35. The minimum Gasteiger partial charge on any atom is -0.465 e. The van der Waals surface area contributed by atoms with Crippen LogP contribution in [-0.4, -0.2) is 23.8 Å². The van der Waals surface area contributed by atoms with Crippen molar-refractivity contribution in [3.05, 3.63) is 35.7 Å². The molecular formula is C11H11NO3. The van der Waals surface area contributed by atoms with E-state index in [-0.39, 0.29) is 5.78 Å². The molecule has 0 atom stereocenters. The number of hydrogen-bond donors (Lipinski definition) is 0. The molecule has 0 radical (unpaired) electrons. The number of ketones is 1. The zero-order valence-corrected chi connectivity index (χ0v) is 8.56. The molecule has 0 aliphatic heterocycles. The molecule has 4 nitrogen and oxygen atoms in total. The van der Waals surface area contributed by atoms with Gasteiger partial charge in [0.2, 0.25) is 0 Å². The van der Waals surface area contributed by atoms with Crippen molar-refractivity contribution in [2.45, 2.75) is 6.92 Å². The van der Waals surface area contributed by atoms with E-state index in [4.69, 9.17) is 0 Å². The predicted octanol–water partition coefficient (Wildman–Crippen LogP) is 1.47. The van der Waals surface area contributed by atoms with Crippen molar-refractivity contribution in [1.29, 1.82) is 0 Å². The molecule has 1 heterocycles. The van der Waals surface area contributed by atoms with Crippen LogP contribution in [0.5, 0.6) is 0 Å². The lowest BCUT2D eigenvalue weighted by Gasteiger charge is -1.98. The quantitative estimate of drug-likeness (QED) is 0.554. The maximum absolute atomic E-state index is 11.2. The number of methoxy groups -OCH3 is 1. The van der Waals surface area contributed by atoms with Crippen LogP contribution in [0.15, 0.2) is 24.5 Å². The highest BCUT2D eigenvalue weighted by Gasteiger charge is 2.04. The molecule has 0 aromatic carbocycles. The van der Waals surface area contributed by atoms with Gasteiger partial charge >= 0.3 is 5.97 Å². The van der Waals surface area contributed by atoms with Crippen molar-refractivity contribution in [2.24, 2.45) is 0 Å². The molecule has 1 rings (SSSR count). The highest BCUT2D eigenvalue weighted by atomic mass is 16.5. The molecule has 4 heteroatoms. The molecule has 0 unspecified atom stereocenters. The fraction of sp³-hybridized carbons (Fsp3) is 0.182. The molecule has 0 saturated heterocycles. The number of pyridine rings is 1. The van der Waals surface area contributed by atoms with Gasteiger partial charge in [0, 0.05) is 12.4 Å². The van der Waals surface area contributed by atoms with Crippen LogP contribution >= 0.6 is 0 Å². The van der Waals surface area contributed by atoms with Crippen molar-refractivity contribution in [2.75, 3.05) is 7.11 Å². The summed E-state index contributed by atoms with van der Waals surface area (Å²) in [6.07, 6.45) is 5.99. The topological polar surface area (TPSA) is 56.3 Å². The zero-order valence-electron chi connectivity index (χ0n) is 8.56. The van der Waals surface area contributed by atoms with Gasteiger partial charge in [-0.05, 0) is 30.7 Å². The van der Waals surface area contributed by atoms with Crippen molar-refractivity contribution in [3.8, 4) is 0 Å². The monoisotopic (exact) mass is 205 g/mol. The fourth-order valence-electron chi connectivity index (χ4n) is 0.992. The summed E-state index contributed by atoms with van der Waals surface area (Å²) in [6.45, 7) is 1.45. The Hall–Kier alpha value is -1.97. The van der Waals surface area contributed by atoms with Crippen LogP contribution < -0.4 is 0 Å². The molecule has 0 N–H and O–H groups in total. The van der Waals surface area contributed by atoms with Gasteiger partial charge in [-0.2, -0.15) is 0 Å².